The van der Waals surface area contributed by atoms with Gasteiger partial charge in [-0.25, -0.2) is 0 Å². The second-order valence-electron chi connectivity index (χ2n) is 5.80. The van der Waals surface area contributed by atoms with Crippen LogP contribution in [0.3, 0.4) is 0 Å². The van der Waals surface area contributed by atoms with E-state index < -0.39 is 0 Å². The summed E-state index contributed by atoms with van der Waals surface area (Å²) in [6, 6.07) is 8.14. The topological polar surface area (TPSA) is 42.8 Å². The third-order valence-electron chi connectivity index (χ3n) is 3.76. The van der Waals surface area contributed by atoms with Crippen LogP contribution in [0.1, 0.15) is 25.0 Å². The SMILES string of the molecule is Cc1ccccc1CNC(=O)C[NH+]1C[C@H](C)O[C@@H](C)C1. The molecule has 1 aromatic rings. The maximum atomic E-state index is 12.0. The number of nitrogens with one attached hydrogen (secondary N) is 2. The second-order valence-corrected chi connectivity index (χ2v) is 5.80. The number of hydrogen-bond donors (Lipinski definition) is 2. The number of amides is 1. The van der Waals surface area contributed by atoms with Crippen LogP contribution in [0.5, 0.6) is 0 Å². The molecule has 0 bridgehead atoms. The summed E-state index contributed by atoms with van der Waals surface area (Å²) in [6.45, 7) is 9.16. The number of quaternary nitrogens is 1. The van der Waals surface area contributed by atoms with Crippen molar-refractivity contribution in [1.82, 2.24) is 5.32 Å². The van der Waals surface area contributed by atoms with Crippen molar-refractivity contribution in [2.45, 2.75) is 39.5 Å². The number of aryl methyl sites for hydroxylation is 1. The number of carbonyl (C=O) groups excluding carboxylic acids is 1. The zero-order valence-corrected chi connectivity index (χ0v) is 12.6. The van der Waals surface area contributed by atoms with Crippen molar-refractivity contribution in [3.63, 3.8) is 0 Å². The van der Waals surface area contributed by atoms with Crippen molar-refractivity contribution in [2.75, 3.05) is 19.6 Å². The van der Waals surface area contributed by atoms with Gasteiger partial charge in [0.1, 0.15) is 25.3 Å². The van der Waals surface area contributed by atoms with Crippen LogP contribution in [0.15, 0.2) is 24.3 Å². The predicted molar refractivity (Wildman–Crippen MR) is 78.6 cm³/mol. The van der Waals surface area contributed by atoms with Gasteiger partial charge < -0.3 is 15.0 Å². The van der Waals surface area contributed by atoms with Gasteiger partial charge in [0, 0.05) is 6.54 Å². The monoisotopic (exact) mass is 277 g/mol. The highest BCUT2D eigenvalue weighted by Gasteiger charge is 2.26. The Labute approximate surface area is 121 Å². The Hall–Kier alpha value is -1.39. The van der Waals surface area contributed by atoms with Gasteiger partial charge in [-0.15, -0.1) is 0 Å². The normalized spacial score (nSPS) is 26.2. The molecule has 2 atom stereocenters. The van der Waals surface area contributed by atoms with E-state index in [4.69, 9.17) is 4.74 Å². The standard InChI is InChI=1S/C16H24N2O2/c1-12-6-4-5-7-15(12)8-17-16(19)11-18-9-13(2)20-14(3)10-18/h4-7,13-14H,8-11H2,1-3H3,(H,17,19)/p+1/t13-,14-/m0/s1. The molecule has 110 valence electrons. The lowest BCUT2D eigenvalue weighted by Crippen LogP contribution is -3.16. The Morgan fingerprint density at radius 1 is 1.30 bits per heavy atom. The van der Waals surface area contributed by atoms with E-state index in [1.807, 2.05) is 12.1 Å². The lowest BCUT2D eigenvalue weighted by Gasteiger charge is -2.31. The maximum absolute atomic E-state index is 12.0. The largest absolute Gasteiger partial charge is 0.364 e. The lowest BCUT2D eigenvalue weighted by molar-refractivity contribution is -0.907. The molecule has 0 saturated carbocycles. The second kappa shape index (κ2) is 6.86. The molecule has 4 heteroatoms. The Balaban J connectivity index is 1.79. The van der Waals surface area contributed by atoms with Gasteiger partial charge in [0.05, 0.1) is 0 Å². The zero-order valence-electron chi connectivity index (χ0n) is 12.6. The molecular weight excluding hydrogens is 252 g/mol. The van der Waals surface area contributed by atoms with Gasteiger partial charge in [0.2, 0.25) is 0 Å². The third-order valence-corrected chi connectivity index (χ3v) is 3.76. The van der Waals surface area contributed by atoms with Gasteiger partial charge in [-0.3, -0.25) is 4.79 Å². The maximum Gasteiger partial charge on any atom is 0.275 e. The minimum Gasteiger partial charge on any atom is -0.364 e. The van der Waals surface area contributed by atoms with Gasteiger partial charge in [0.15, 0.2) is 6.54 Å². The van der Waals surface area contributed by atoms with E-state index in [0.29, 0.717) is 13.1 Å². The molecular formula is C16H25N2O2+. The highest BCUT2D eigenvalue weighted by atomic mass is 16.5. The highest BCUT2D eigenvalue weighted by molar-refractivity contribution is 5.76. The van der Waals surface area contributed by atoms with Crippen molar-refractivity contribution in [2.24, 2.45) is 0 Å². The molecule has 2 rings (SSSR count). The molecule has 1 aliphatic rings. The first-order chi connectivity index (χ1) is 9.54. The molecule has 0 aliphatic carbocycles. The molecule has 0 spiro atoms. The average Bonchev–Trinajstić information content (AvgIpc) is 2.36. The molecule has 1 saturated heterocycles. The summed E-state index contributed by atoms with van der Waals surface area (Å²) in [5.74, 6) is 0.115. The van der Waals surface area contributed by atoms with Crippen molar-refractivity contribution in [1.29, 1.82) is 0 Å². The molecule has 1 fully saturated rings. The summed E-state index contributed by atoms with van der Waals surface area (Å²) in [7, 11) is 0. The molecule has 2 N–H and O–H groups in total. The number of carbonyl (C=O) groups is 1. The molecule has 0 aromatic heterocycles. The van der Waals surface area contributed by atoms with Gasteiger partial charge in [-0.1, -0.05) is 24.3 Å². The fraction of sp³-hybridized carbons (Fsp3) is 0.562. The van der Waals surface area contributed by atoms with Crippen LogP contribution in [0, 0.1) is 6.92 Å². The quantitative estimate of drug-likeness (QED) is 0.831. The van der Waals surface area contributed by atoms with Crippen LogP contribution in [0.4, 0.5) is 0 Å². The Morgan fingerprint density at radius 3 is 2.60 bits per heavy atom. The molecule has 1 heterocycles. The zero-order chi connectivity index (χ0) is 14.5. The number of benzene rings is 1. The molecule has 20 heavy (non-hydrogen) atoms. The summed E-state index contributed by atoms with van der Waals surface area (Å²) in [5.41, 5.74) is 2.40. The third kappa shape index (κ3) is 4.32. The summed E-state index contributed by atoms with van der Waals surface area (Å²) >= 11 is 0. The van der Waals surface area contributed by atoms with Gasteiger partial charge in [-0.2, -0.15) is 0 Å². The van der Waals surface area contributed by atoms with Crippen molar-refractivity contribution in [3.05, 3.63) is 35.4 Å². The Morgan fingerprint density at radius 2 is 1.95 bits per heavy atom. The molecule has 0 unspecified atom stereocenters. The molecule has 1 aromatic carbocycles. The van der Waals surface area contributed by atoms with Crippen LogP contribution in [0.2, 0.25) is 0 Å². The van der Waals surface area contributed by atoms with E-state index in [1.165, 1.54) is 16.0 Å². The first-order valence-corrected chi connectivity index (χ1v) is 7.35. The molecule has 4 nitrogen and oxygen atoms in total. The van der Waals surface area contributed by atoms with E-state index in [9.17, 15) is 4.79 Å². The van der Waals surface area contributed by atoms with Crippen LogP contribution in [-0.4, -0.2) is 37.7 Å². The van der Waals surface area contributed by atoms with Crippen LogP contribution in [-0.2, 0) is 16.1 Å². The van der Waals surface area contributed by atoms with Crippen LogP contribution >= 0.6 is 0 Å². The van der Waals surface area contributed by atoms with Crippen LogP contribution in [0.25, 0.3) is 0 Å². The average molecular weight is 277 g/mol. The predicted octanol–water partition coefficient (Wildman–Crippen LogP) is 0.303. The lowest BCUT2D eigenvalue weighted by atomic mass is 10.1. The first-order valence-electron chi connectivity index (χ1n) is 7.35. The van der Waals surface area contributed by atoms with Gasteiger partial charge >= 0.3 is 0 Å². The van der Waals surface area contributed by atoms with E-state index in [-0.39, 0.29) is 18.1 Å². The number of morpholine rings is 1. The number of ether oxygens (including phenoxy) is 1. The fourth-order valence-electron chi connectivity index (χ4n) is 2.83. The minimum atomic E-state index is 0.115. The van der Waals surface area contributed by atoms with E-state index in [1.54, 1.807) is 0 Å². The summed E-state index contributed by atoms with van der Waals surface area (Å²) in [6.07, 6.45) is 0.468. The van der Waals surface area contributed by atoms with Gasteiger partial charge in [0.25, 0.3) is 5.91 Å². The molecule has 1 aliphatic heterocycles. The van der Waals surface area contributed by atoms with Gasteiger partial charge in [-0.05, 0) is 31.9 Å². The van der Waals surface area contributed by atoms with E-state index in [0.717, 1.165) is 13.1 Å². The van der Waals surface area contributed by atoms with E-state index >= 15 is 0 Å². The van der Waals surface area contributed by atoms with Crippen molar-refractivity contribution < 1.29 is 14.4 Å². The minimum absolute atomic E-state index is 0.115. The Bertz CT molecular complexity index is 452. The van der Waals surface area contributed by atoms with Crippen molar-refractivity contribution in [3.8, 4) is 0 Å². The first kappa shape index (κ1) is 15.0. The number of rotatable bonds is 4. The van der Waals surface area contributed by atoms with Crippen molar-refractivity contribution >= 4 is 5.91 Å². The van der Waals surface area contributed by atoms with Crippen LogP contribution < -0.4 is 10.2 Å². The molecule has 1 amide bonds. The highest BCUT2D eigenvalue weighted by Crippen LogP contribution is 2.05. The number of hydrogen-bond acceptors (Lipinski definition) is 2. The fourth-order valence-corrected chi connectivity index (χ4v) is 2.83. The smallest absolute Gasteiger partial charge is 0.275 e. The Kier molecular flexibility index (Phi) is 5.15. The summed E-state index contributed by atoms with van der Waals surface area (Å²) in [4.78, 5) is 13.3. The summed E-state index contributed by atoms with van der Waals surface area (Å²) < 4.78 is 5.69. The van der Waals surface area contributed by atoms with E-state index in [2.05, 4.69) is 38.2 Å². The molecule has 0 radical (unpaired) electrons. The summed E-state index contributed by atoms with van der Waals surface area (Å²) in [5, 5.41) is 3.02.